The molecule has 3 aliphatic heterocycles. The van der Waals surface area contributed by atoms with E-state index in [0.717, 1.165) is 18.2 Å². The third-order valence-corrected chi connectivity index (χ3v) is 3.69. The van der Waals surface area contributed by atoms with Crippen LogP contribution in [-0.4, -0.2) is 58.4 Å². The zero-order valence-corrected chi connectivity index (χ0v) is 12.1. The molecule has 1 atom stereocenters. The summed E-state index contributed by atoms with van der Waals surface area (Å²) in [7, 11) is 0. The number of carbonyl (C=O) groups excluding carboxylic acids is 1. The Morgan fingerprint density at radius 3 is 1.95 bits per heavy atom. The molecule has 0 aromatic carbocycles. The van der Waals surface area contributed by atoms with Crippen LogP contribution in [0.2, 0.25) is 0 Å². The molecule has 8 nitrogen and oxygen atoms in total. The Morgan fingerprint density at radius 1 is 1.10 bits per heavy atom. The average molecular weight is 300 g/mol. The van der Waals surface area contributed by atoms with Gasteiger partial charge in [0.2, 0.25) is 0 Å². The maximum Gasteiger partial charge on any atom is 0.414 e. The van der Waals surface area contributed by atoms with Gasteiger partial charge in [-0.2, -0.15) is 0 Å². The van der Waals surface area contributed by atoms with Crippen LogP contribution in [0.15, 0.2) is 5.16 Å². The smallest absolute Gasteiger partial charge is 0.414 e. The van der Waals surface area contributed by atoms with Crippen LogP contribution in [0.4, 0.5) is 0 Å². The largest absolute Gasteiger partial charge is 0.473 e. The monoisotopic (exact) mass is 300 g/mol. The summed E-state index contributed by atoms with van der Waals surface area (Å²) < 4.78 is 0. The topological polar surface area (TPSA) is 117 Å². The summed E-state index contributed by atoms with van der Waals surface area (Å²) in [6, 6.07) is 0. The maximum absolute atomic E-state index is 10.7. The Kier molecular flexibility index (Phi) is 6.29. The normalized spacial score (nSPS) is 27.3. The van der Waals surface area contributed by atoms with Crippen LogP contribution in [0.5, 0.6) is 0 Å². The van der Waals surface area contributed by atoms with Crippen LogP contribution in [0.1, 0.15) is 26.7 Å². The Morgan fingerprint density at radius 2 is 1.62 bits per heavy atom. The molecular weight excluding hydrogens is 280 g/mol. The summed E-state index contributed by atoms with van der Waals surface area (Å²) >= 11 is 0. The van der Waals surface area contributed by atoms with E-state index in [2.05, 4.69) is 10.1 Å². The van der Waals surface area contributed by atoms with Gasteiger partial charge in [-0.05, 0) is 38.8 Å². The van der Waals surface area contributed by atoms with E-state index < -0.39 is 11.9 Å². The number of oxime groups is 1. The van der Waals surface area contributed by atoms with E-state index >= 15 is 0 Å². The molecule has 2 bridgehead atoms. The number of rotatable bonds is 2. The lowest BCUT2D eigenvalue weighted by atomic mass is 9.77. The van der Waals surface area contributed by atoms with Gasteiger partial charge in [0, 0.05) is 19.4 Å². The molecule has 0 aromatic heterocycles. The van der Waals surface area contributed by atoms with Crippen molar-refractivity contribution >= 4 is 23.6 Å². The lowest BCUT2D eigenvalue weighted by Crippen LogP contribution is -2.49. The van der Waals surface area contributed by atoms with Gasteiger partial charge in [0.1, 0.15) is 0 Å². The van der Waals surface area contributed by atoms with Gasteiger partial charge in [-0.25, -0.2) is 14.4 Å². The Balaban J connectivity index is 0.000000315. The predicted molar refractivity (Wildman–Crippen MR) is 72.8 cm³/mol. The van der Waals surface area contributed by atoms with Gasteiger partial charge in [0.05, 0.1) is 5.71 Å². The zero-order chi connectivity index (χ0) is 16.0. The quantitative estimate of drug-likeness (QED) is 0.328. The van der Waals surface area contributed by atoms with E-state index in [4.69, 9.17) is 24.6 Å². The van der Waals surface area contributed by atoms with Crippen molar-refractivity contribution in [2.24, 2.45) is 17.0 Å². The minimum Gasteiger partial charge on any atom is -0.473 e. The summed E-state index contributed by atoms with van der Waals surface area (Å²) in [4.78, 5) is 36.0. The van der Waals surface area contributed by atoms with E-state index in [1.807, 2.05) is 6.92 Å². The van der Waals surface area contributed by atoms with Gasteiger partial charge < -0.3 is 20.0 Å². The fourth-order valence-electron chi connectivity index (χ4n) is 2.64. The molecule has 0 spiro atoms. The number of piperidine rings is 3. The number of nitrogens with zero attached hydrogens (tertiary/aromatic N) is 2. The molecule has 3 heterocycles. The van der Waals surface area contributed by atoms with Crippen molar-refractivity contribution in [1.29, 1.82) is 0 Å². The molecule has 118 valence electrons. The predicted octanol–water partition coefficient (Wildman–Crippen LogP) is 0.423. The van der Waals surface area contributed by atoms with Gasteiger partial charge in [-0.15, -0.1) is 0 Å². The summed E-state index contributed by atoms with van der Waals surface area (Å²) in [6.45, 7) is 6.88. The first-order chi connectivity index (χ1) is 9.81. The summed E-state index contributed by atoms with van der Waals surface area (Å²) in [6.07, 6.45) is 2.52. The number of hydrogen-bond acceptors (Lipinski definition) is 6. The first-order valence-electron chi connectivity index (χ1n) is 6.72. The third kappa shape index (κ3) is 5.50. The number of carboxylic acids is 2. The summed E-state index contributed by atoms with van der Waals surface area (Å²) in [5.74, 6) is -2.75. The van der Waals surface area contributed by atoms with Gasteiger partial charge in [0.25, 0.3) is 0 Å². The summed E-state index contributed by atoms with van der Waals surface area (Å²) in [5, 5.41) is 18.7. The van der Waals surface area contributed by atoms with Crippen molar-refractivity contribution in [3.05, 3.63) is 0 Å². The van der Waals surface area contributed by atoms with Crippen molar-refractivity contribution in [3.63, 3.8) is 0 Å². The van der Waals surface area contributed by atoms with E-state index in [1.54, 1.807) is 0 Å². The molecule has 2 N–H and O–H groups in total. The Hall–Kier alpha value is -1.96. The van der Waals surface area contributed by atoms with Crippen LogP contribution >= 0.6 is 0 Å². The van der Waals surface area contributed by atoms with E-state index in [-0.39, 0.29) is 5.97 Å². The second kappa shape index (κ2) is 7.72. The standard InChI is InChI=1S/C11H18N2O2.C2H2O4/c1-8(12-15-9(2)14)11-7-13-5-3-10(11)4-6-13;3-1(4)2(5)6/h10-11H,3-7H2,1-2H3;(H,3,4)(H,5,6)/t11-;/m0./s1. The van der Waals surface area contributed by atoms with Crippen LogP contribution in [0.25, 0.3) is 0 Å². The SMILES string of the molecule is CC(=O)ON=C(C)[C@@H]1CN2CCC1CC2.O=C(O)C(=O)O. The molecule has 21 heavy (non-hydrogen) atoms. The summed E-state index contributed by atoms with van der Waals surface area (Å²) in [5.41, 5.74) is 0.972. The highest BCUT2D eigenvalue weighted by atomic mass is 16.7. The van der Waals surface area contributed by atoms with Crippen molar-refractivity contribution in [1.82, 2.24) is 4.90 Å². The first-order valence-corrected chi connectivity index (χ1v) is 6.72. The number of carbonyl (C=O) groups is 3. The Bertz CT molecular complexity index is 428. The average Bonchev–Trinajstić information content (AvgIpc) is 2.46. The minimum atomic E-state index is -1.82. The molecule has 0 amide bonds. The van der Waals surface area contributed by atoms with Crippen molar-refractivity contribution in [2.75, 3.05) is 19.6 Å². The van der Waals surface area contributed by atoms with Crippen LogP contribution < -0.4 is 0 Å². The number of fused-ring (bicyclic) bond motifs is 3. The second-order valence-corrected chi connectivity index (χ2v) is 5.17. The van der Waals surface area contributed by atoms with Gasteiger partial charge in [-0.1, -0.05) is 5.16 Å². The van der Waals surface area contributed by atoms with Crippen molar-refractivity contribution in [2.45, 2.75) is 26.7 Å². The first kappa shape index (κ1) is 17.1. The Labute approximate surface area is 122 Å². The van der Waals surface area contributed by atoms with Crippen molar-refractivity contribution < 1.29 is 29.4 Å². The minimum absolute atomic E-state index is 0.337. The highest BCUT2D eigenvalue weighted by Gasteiger charge is 2.35. The zero-order valence-electron chi connectivity index (χ0n) is 12.1. The van der Waals surface area contributed by atoms with Gasteiger partial charge in [0.15, 0.2) is 0 Å². The molecule has 3 saturated heterocycles. The third-order valence-electron chi connectivity index (χ3n) is 3.69. The highest BCUT2D eigenvalue weighted by Crippen LogP contribution is 2.33. The fraction of sp³-hybridized carbons (Fsp3) is 0.692. The number of aliphatic carboxylic acids is 2. The highest BCUT2D eigenvalue weighted by molar-refractivity contribution is 6.27. The number of carboxylic acid groups (broad SMARTS) is 2. The molecule has 0 saturated carbocycles. The van der Waals surface area contributed by atoms with E-state index in [1.165, 1.54) is 32.9 Å². The van der Waals surface area contributed by atoms with Gasteiger partial charge >= 0.3 is 17.9 Å². The molecular formula is C13H20N2O6. The van der Waals surface area contributed by atoms with E-state index in [0.29, 0.717) is 5.92 Å². The maximum atomic E-state index is 10.7. The molecule has 3 rings (SSSR count). The van der Waals surface area contributed by atoms with Crippen LogP contribution in [0.3, 0.4) is 0 Å². The van der Waals surface area contributed by atoms with E-state index in [9.17, 15) is 4.79 Å². The molecule has 8 heteroatoms. The fourth-order valence-corrected chi connectivity index (χ4v) is 2.64. The van der Waals surface area contributed by atoms with Crippen LogP contribution in [-0.2, 0) is 19.2 Å². The number of hydrogen-bond donors (Lipinski definition) is 2. The van der Waals surface area contributed by atoms with Crippen molar-refractivity contribution in [3.8, 4) is 0 Å². The molecule has 0 aromatic rings. The lowest BCUT2D eigenvalue weighted by molar-refractivity contribution is -0.159. The molecule has 0 radical (unpaired) electrons. The second-order valence-electron chi connectivity index (χ2n) is 5.17. The molecule has 3 aliphatic rings. The van der Waals surface area contributed by atoms with Gasteiger partial charge in [-0.3, -0.25) is 0 Å². The molecule has 0 unspecified atom stereocenters. The molecule has 0 aliphatic carbocycles. The van der Waals surface area contributed by atoms with Crippen LogP contribution in [0, 0.1) is 11.8 Å². The lowest BCUT2D eigenvalue weighted by Gasteiger charge is -2.44. The molecule has 3 fully saturated rings.